The maximum absolute atomic E-state index is 11.9. The van der Waals surface area contributed by atoms with Gasteiger partial charge in [0.1, 0.15) is 24.4 Å². The average Bonchev–Trinajstić information content (AvgIpc) is 2.59. The molecule has 0 heterocycles. The van der Waals surface area contributed by atoms with Crippen molar-refractivity contribution in [1.82, 2.24) is 5.32 Å². The van der Waals surface area contributed by atoms with E-state index in [1.807, 2.05) is 0 Å². The smallest absolute Gasteiger partial charge is 0.326 e. The van der Waals surface area contributed by atoms with Gasteiger partial charge in [-0.05, 0) is 5.56 Å². The van der Waals surface area contributed by atoms with Gasteiger partial charge >= 0.3 is 5.97 Å². The Morgan fingerprint density at radius 2 is 1.58 bits per heavy atom. The number of hydrogen-bond acceptors (Lipinski definition) is 7. The zero-order valence-corrected chi connectivity index (χ0v) is 12.7. The zero-order valence-electron chi connectivity index (χ0n) is 12.7. The first kappa shape index (κ1) is 20.0. The molecule has 0 bridgehead atoms. The third-order valence-corrected chi connectivity index (χ3v) is 3.42. The molecule has 0 fully saturated rings. The molecule has 0 saturated heterocycles. The second kappa shape index (κ2) is 9.30. The molecule has 0 aliphatic carbocycles. The Hall–Kier alpha value is -2.04. The summed E-state index contributed by atoms with van der Waals surface area (Å²) in [7, 11) is 0. The van der Waals surface area contributed by atoms with Gasteiger partial charge in [0.15, 0.2) is 6.10 Å². The van der Waals surface area contributed by atoms with Crippen molar-refractivity contribution < 1.29 is 40.2 Å². The van der Waals surface area contributed by atoms with Gasteiger partial charge in [0, 0.05) is 6.42 Å². The molecule has 7 N–H and O–H groups in total. The summed E-state index contributed by atoms with van der Waals surface area (Å²) in [5.74, 6) is -2.57. The Bertz CT molecular complexity index is 538. The summed E-state index contributed by atoms with van der Waals surface area (Å²) in [6.45, 7) is -0.891. The van der Waals surface area contributed by atoms with E-state index in [9.17, 15) is 30.0 Å². The molecule has 0 aliphatic heterocycles. The molecule has 9 nitrogen and oxygen atoms in total. The van der Waals surface area contributed by atoms with Crippen LogP contribution in [0.2, 0.25) is 0 Å². The second-order valence-corrected chi connectivity index (χ2v) is 5.27. The summed E-state index contributed by atoms with van der Waals surface area (Å²) >= 11 is 0. The van der Waals surface area contributed by atoms with Crippen LogP contribution in [0.3, 0.4) is 0 Å². The van der Waals surface area contributed by atoms with Crippen LogP contribution in [0.25, 0.3) is 0 Å². The number of carbonyl (C=O) groups is 2. The van der Waals surface area contributed by atoms with Crippen LogP contribution < -0.4 is 5.32 Å². The van der Waals surface area contributed by atoms with Crippen LogP contribution in [0.5, 0.6) is 0 Å². The highest BCUT2D eigenvalue weighted by molar-refractivity contribution is 5.86. The highest BCUT2D eigenvalue weighted by Crippen LogP contribution is 2.08. The van der Waals surface area contributed by atoms with Crippen molar-refractivity contribution in [2.24, 2.45) is 0 Å². The summed E-state index contributed by atoms with van der Waals surface area (Å²) in [4.78, 5) is 23.1. The maximum Gasteiger partial charge on any atom is 0.326 e. The molecule has 24 heavy (non-hydrogen) atoms. The number of carbonyl (C=O) groups excluding carboxylic acids is 1. The first-order valence-corrected chi connectivity index (χ1v) is 7.18. The molecular formula is C15H21NO8. The van der Waals surface area contributed by atoms with Crippen LogP contribution in [0.4, 0.5) is 0 Å². The molecule has 0 saturated carbocycles. The Morgan fingerprint density at radius 1 is 1.00 bits per heavy atom. The van der Waals surface area contributed by atoms with Crippen LogP contribution in [-0.4, -0.2) is 79.6 Å². The van der Waals surface area contributed by atoms with Crippen molar-refractivity contribution in [3.63, 3.8) is 0 Å². The molecule has 0 spiro atoms. The lowest BCUT2D eigenvalue weighted by molar-refractivity contribution is -0.152. The molecule has 5 atom stereocenters. The predicted octanol–water partition coefficient (Wildman–Crippen LogP) is -2.77. The molecule has 9 heteroatoms. The van der Waals surface area contributed by atoms with E-state index in [4.69, 9.17) is 10.2 Å². The molecule has 1 aromatic carbocycles. The Balaban J connectivity index is 2.72. The average molecular weight is 343 g/mol. The fraction of sp³-hybridized carbons (Fsp3) is 0.467. The predicted molar refractivity (Wildman–Crippen MR) is 80.8 cm³/mol. The maximum atomic E-state index is 11.9. The fourth-order valence-corrected chi connectivity index (χ4v) is 1.98. The van der Waals surface area contributed by atoms with E-state index in [1.54, 1.807) is 30.3 Å². The van der Waals surface area contributed by atoms with E-state index in [1.165, 1.54) is 0 Å². The second-order valence-electron chi connectivity index (χ2n) is 5.27. The Kier molecular flexibility index (Phi) is 7.75. The quantitative estimate of drug-likeness (QED) is 0.253. The lowest BCUT2D eigenvalue weighted by Gasteiger charge is -2.26. The standard InChI is InChI=1S/C15H21NO8/c17-7-10(18)11(19)12(20)13(21)14(22)16-9(15(23)24)6-8-4-2-1-3-5-8/h1-5,9-13,17-21H,6-7H2,(H,16,22)(H,23,24)/t9-,10+,11+,12-,13+/m0/s1. The Morgan fingerprint density at radius 3 is 2.08 bits per heavy atom. The fourth-order valence-electron chi connectivity index (χ4n) is 1.98. The summed E-state index contributed by atoms with van der Waals surface area (Å²) < 4.78 is 0. The van der Waals surface area contributed by atoms with E-state index in [2.05, 4.69) is 5.32 Å². The minimum absolute atomic E-state index is 0.0491. The number of amides is 1. The summed E-state index contributed by atoms with van der Waals surface area (Å²) in [5, 5.41) is 57.9. The molecule has 1 aromatic rings. The third-order valence-electron chi connectivity index (χ3n) is 3.42. The number of aliphatic hydroxyl groups is 5. The van der Waals surface area contributed by atoms with Crippen LogP contribution >= 0.6 is 0 Å². The molecule has 1 rings (SSSR count). The molecule has 0 aromatic heterocycles. The number of aliphatic carboxylic acids is 1. The number of rotatable bonds is 9. The molecular weight excluding hydrogens is 322 g/mol. The van der Waals surface area contributed by atoms with Crippen molar-refractivity contribution in [3.8, 4) is 0 Å². The van der Waals surface area contributed by atoms with Crippen LogP contribution in [0.15, 0.2) is 30.3 Å². The summed E-state index contributed by atoms with van der Waals surface area (Å²) in [6, 6.07) is 7.10. The van der Waals surface area contributed by atoms with Crippen molar-refractivity contribution in [3.05, 3.63) is 35.9 Å². The van der Waals surface area contributed by atoms with Gasteiger partial charge in [-0.1, -0.05) is 30.3 Å². The van der Waals surface area contributed by atoms with Gasteiger partial charge in [0.25, 0.3) is 5.91 Å². The molecule has 134 valence electrons. The number of hydrogen-bond donors (Lipinski definition) is 7. The minimum Gasteiger partial charge on any atom is -0.480 e. The van der Waals surface area contributed by atoms with E-state index in [0.29, 0.717) is 5.56 Å². The normalized spacial score (nSPS) is 17.4. The van der Waals surface area contributed by atoms with Crippen LogP contribution in [-0.2, 0) is 16.0 Å². The van der Waals surface area contributed by atoms with Gasteiger partial charge in [-0.25, -0.2) is 4.79 Å². The van der Waals surface area contributed by atoms with Gasteiger partial charge in [0.2, 0.25) is 0 Å². The third kappa shape index (κ3) is 5.55. The monoisotopic (exact) mass is 343 g/mol. The van der Waals surface area contributed by atoms with Crippen molar-refractivity contribution in [2.75, 3.05) is 6.61 Å². The van der Waals surface area contributed by atoms with E-state index in [0.717, 1.165) is 0 Å². The molecule has 0 aliphatic rings. The lowest BCUT2D eigenvalue weighted by Crippen LogP contribution is -2.54. The van der Waals surface area contributed by atoms with E-state index < -0.39 is 48.9 Å². The summed E-state index contributed by atoms with van der Waals surface area (Å²) in [6.07, 6.45) is -8.07. The van der Waals surface area contributed by atoms with Gasteiger partial charge in [-0.15, -0.1) is 0 Å². The number of carboxylic acid groups (broad SMARTS) is 1. The lowest BCUT2D eigenvalue weighted by atomic mass is 10.0. The van der Waals surface area contributed by atoms with Crippen LogP contribution in [0, 0.1) is 0 Å². The van der Waals surface area contributed by atoms with Crippen molar-refractivity contribution in [2.45, 2.75) is 36.9 Å². The van der Waals surface area contributed by atoms with Gasteiger partial charge < -0.3 is 36.0 Å². The first-order chi connectivity index (χ1) is 11.3. The van der Waals surface area contributed by atoms with Gasteiger partial charge in [0.05, 0.1) is 6.61 Å². The van der Waals surface area contributed by atoms with E-state index >= 15 is 0 Å². The highest BCUT2D eigenvalue weighted by Gasteiger charge is 2.35. The molecule has 0 unspecified atom stereocenters. The molecule has 1 amide bonds. The largest absolute Gasteiger partial charge is 0.480 e. The topological polar surface area (TPSA) is 168 Å². The van der Waals surface area contributed by atoms with Crippen molar-refractivity contribution in [1.29, 1.82) is 0 Å². The van der Waals surface area contributed by atoms with E-state index in [-0.39, 0.29) is 6.42 Å². The number of aliphatic hydroxyl groups excluding tert-OH is 5. The SMILES string of the molecule is O=C(O)[C@H](Cc1ccccc1)NC(=O)[C@H](O)[C@@H](O)[C@H](O)[C@H](O)CO. The number of benzene rings is 1. The first-order valence-electron chi connectivity index (χ1n) is 7.18. The Labute approximate surface area is 137 Å². The van der Waals surface area contributed by atoms with Gasteiger partial charge in [-0.3, -0.25) is 4.79 Å². The number of nitrogens with one attached hydrogen (secondary N) is 1. The highest BCUT2D eigenvalue weighted by atomic mass is 16.4. The van der Waals surface area contributed by atoms with Crippen LogP contribution in [0.1, 0.15) is 5.56 Å². The van der Waals surface area contributed by atoms with Gasteiger partial charge in [-0.2, -0.15) is 0 Å². The number of carboxylic acids is 1. The molecule has 0 radical (unpaired) electrons. The zero-order chi connectivity index (χ0) is 18.3. The minimum atomic E-state index is -2.18. The van der Waals surface area contributed by atoms with Crippen molar-refractivity contribution >= 4 is 11.9 Å². The summed E-state index contributed by atoms with van der Waals surface area (Å²) in [5.41, 5.74) is 0.635.